The Morgan fingerprint density at radius 1 is 1.17 bits per heavy atom. The van der Waals surface area contributed by atoms with Gasteiger partial charge < -0.3 is 15.1 Å². The first-order chi connectivity index (χ1) is 14.5. The normalized spacial score (nSPS) is 19.5. The van der Waals surface area contributed by atoms with Crippen molar-refractivity contribution in [2.45, 2.75) is 25.4 Å². The van der Waals surface area contributed by atoms with E-state index >= 15 is 0 Å². The molecule has 2 amide bonds. The predicted molar refractivity (Wildman–Crippen MR) is 116 cm³/mol. The van der Waals surface area contributed by atoms with Crippen molar-refractivity contribution in [2.24, 2.45) is 0 Å². The van der Waals surface area contributed by atoms with E-state index in [0.717, 1.165) is 28.6 Å². The second kappa shape index (κ2) is 7.72. The van der Waals surface area contributed by atoms with Crippen LogP contribution in [0.4, 0.5) is 4.39 Å². The monoisotopic (exact) mass is 444 g/mol. The van der Waals surface area contributed by atoms with Gasteiger partial charge in [0, 0.05) is 54.5 Å². The Hall–Kier alpha value is -2.36. The minimum atomic E-state index is -0.282. The molecule has 1 N–H and O–H groups in total. The maximum atomic E-state index is 13.5. The third-order valence-electron chi connectivity index (χ3n) is 5.83. The molecule has 9 heteroatoms. The number of benzene rings is 1. The van der Waals surface area contributed by atoms with Gasteiger partial charge in [0.05, 0.1) is 4.88 Å². The van der Waals surface area contributed by atoms with E-state index in [1.54, 1.807) is 12.3 Å². The molecule has 0 bridgehead atoms. The summed E-state index contributed by atoms with van der Waals surface area (Å²) in [6.07, 6.45) is 2.56. The van der Waals surface area contributed by atoms with Gasteiger partial charge in [-0.2, -0.15) is 0 Å². The Morgan fingerprint density at radius 3 is 2.73 bits per heavy atom. The summed E-state index contributed by atoms with van der Waals surface area (Å²) >= 11 is 2.73. The number of amides is 2. The molecule has 0 aliphatic carbocycles. The first-order valence-corrected chi connectivity index (χ1v) is 11.6. The van der Waals surface area contributed by atoms with E-state index < -0.39 is 0 Å². The lowest BCUT2D eigenvalue weighted by molar-refractivity contribution is 0.0557. The first kappa shape index (κ1) is 19.6. The zero-order valence-corrected chi connectivity index (χ0v) is 18.1. The van der Waals surface area contributed by atoms with Crippen molar-refractivity contribution in [3.63, 3.8) is 0 Å². The fourth-order valence-electron chi connectivity index (χ4n) is 4.18. The summed E-state index contributed by atoms with van der Waals surface area (Å²) < 4.78 is 14.3. The standard InChI is InChI=1S/C21H21FN4O2S2/c1-12-16-3-2-13(22)8-17(16)30-18(12)20(27)26-10-15(11-26)24-14-4-6-25(9-14)21(28)19-23-5-7-29-19/h2-3,5,7-8,14-15,24H,4,6,9-11H2,1H3/t14-/m0/s1. The number of hydrogen-bond donors (Lipinski definition) is 1. The number of aromatic nitrogens is 1. The molecular formula is C21H21FN4O2S2. The smallest absolute Gasteiger partial charge is 0.282 e. The number of carbonyl (C=O) groups excluding carboxylic acids is 2. The summed E-state index contributed by atoms with van der Waals surface area (Å²) in [5, 5.41) is 6.87. The number of thiazole rings is 1. The lowest BCUT2D eigenvalue weighted by Gasteiger charge is -2.41. The lowest BCUT2D eigenvalue weighted by atomic mass is 10.1. The fourth-order valence-corrected chi connectivity index (χ4v) is 5.98. The van der Waals surface area contributed by atoms with Crippen LogP contribution in [0.3, 0.4) is 0 Å². The molecule has 0 saturated carbocycles. The summed E-state index contributed by atoms with van der Waals surface area (Å²) in [6.45, 7) is 4.62. The van der Waals surface area contributed by atoms with Crippen molar-refractivity contribution in [3.8, 4) is 0 Å². The molecule has 0 radical (unpaired) electrons. The third kappa shape index (κ3) is 3.51. The van der Waals surface area contributed by atoms with Crippen LogP contribution in [0.2, 0.25) is 0 Å². The van der Waals surface area contributed by atoms with Crippen LogP contribution in [-0.2, 0) is 0 Å². The van der Waals surface area contributed by atoms with Gasteiger partial charge in [0.15, 0.2) is 5.01 Å². The lowest BCUT2D eigenvalue weighted by Crippen LogP contribution is -2.62. The van der Waals surface area contributed by atoms with E-state index in [2.05, 4.69) is 10.3 Å². The van der Waals surface area contributed by atoms with Gasteiger partial charge in [0.1, 0.15) is 5.82 Å². The minimum absolute atomic E-state index is 0.00335. The highest BCUT2D eigenvalue weighted by Crippen LogP contribution is 2.33. The van der Waals surface area contributed by atoms with E-state index in [4.69, 9.17) is 0 Å². The molecule has 6 nitrogen and oxygen atoms in total. The van der Waals surface area contributed by atoms with E-state index in [9.17, 15) is 14.0 Å². The number of nitrogens with zero attached hydrogens (tertiary/aromatic N) is 3. The molecule has 1 aromatic carbocycles. The molecule has 0 spiro atoms. The zero-order valence-electron chi connectivity index (χ0n) is 16.4. The number of hydrogen-bond acceptors (Lipinski definition) is 6. The van der Waals surface area contributed by atoms with E-state index in [0.29, 0.717) is 29.5 Å². The van der Waals surface area contributed by atoms with E-state index in [1.165, 1.54) is 34.8 Å². The molecule has 156 valence electrons. The summed E-state index contributed by atoms with van der Waals surface area (Å²) in [5.74, 6) is -0.273. The van der Waals surface area contributed by atoms with Crippen LogP contribution < -0.4 is 5.32 Å². The summed E-state index contributed by atoms with van der Waals surface area (Å²) in [7, 11) is 0. The van der Waals surface area contributed by atoms with Crippen LogP contribution in [0.1, 0.15) is 31.5 Å². The Balaban J connectivity index is 1.16. The number of aryl methyl sites for hydroxylation is 1. The summed E-state index contributed by atoms with van der Waals surface area (Å²) in [4.78, 5) is 33.8. The molecular weight excluding hydrogens is 423 g/mol. The van der Waals surface area contributed by atoms with Crippen molar-refractivity contribution < 1.29 is 14.0 Å². The van der Waals surface area contributed by atoms with Crippen LogP contribution in [0.25, 0.3) is 10.1 Å². The van der Waals surface area contributed by atoms with Gasteiger partial charge in [0.2, 0.25) is 0 Å². The number of likely N-dealkylation sites (tertiary alicyclic amines) is 2. The van der Waals surface area contributed by atoms with Crippen LogP contribution in [0.15, 0.2) is 29.8 Å². The molecule has 2 aliphatic rings. The van der Waals surface area contributed by atoms with Gasteiger partial charge in [-0.25, -0.2) is 9.37 Å². The van der Waals surface area contributed by atoms with Gasteiger partial charge >= 0.3 is 0 Å². The molecule has 2 fully saturated rings. The second-order valence-corrected chi connectivity index (χ2v) is 9.79. The number of thiophene rings is 1. The van der Waals surface area contributed by atoms with Crippen LogP contribution in [0, 0.1) is 12.7 Å². The van der Waals surface area contributed by atoms with Gasteiger partial charge in [-0.05, 0) is 36.4 Å². The highest BCUT2D eigenvalue weighted by molar-refractivity contribution is 7.21. The number of carbonyl (C=O) groups is 2. The quantitative estimate of drug-likeness (QED) is 0.672. The van der Waals surface area contributed by atoms with Gasteiger partial charge in [-0.15, -0.1) is 22.7 Å². The molecule has 0 unspecified atom stereocenters. The minimum Gasteiger partial charge on any atom is -0.335 e. The number of fused-ring (bicyclic) bond motifs is 1. The number of rotatable bonds is 4. The van der Waals surface area contributed by atoms with Crippen molar-refractivity contribution in [2.75, 3.05) is 26.2 Å². The van der Waals surface area contributed by atoms with Gasteiger partial charge in [0.25, 0.3) is 11.8 Å². The Kier molecular flexibility index (Phi) is 5.04. The van der Waals surface area contributed by atoms with Crippen molar-refractivity contribution >= 4 is 44.6 Å². The Bertz CT molecular complexity index is 1110. The van der Waals surface area contributed by atoms with Crippen molar-refractivity contribution in [1.82, 2.24) is 20.1 Å². The Labute approximate surface area is 181 Å². The molecule has 2 aliphatic heterocycles. The molecule has 5 rings (SSSR count). The molecule has 1 atom stereocenters. The van der Waals surface area contributed by atoms with E-state index in [-0.39, 0.29) is 29.7 Å². The largest absolute Gasteiger partial charge is 0.335 e. The van der Waals surface area contributed by atoms with Crippen LogP contribution in [-0.4, -0.2) is 64.9 Å². The Morgan fingerprint density at radius 2 is 1.97 bits per heavy atom. The molecule has 2 saturated heterocycles. The average molecular weight is 445 g/mol. The van der Waals surface area contributed by atoms with Crippen LogP contribution >= 0.6 is 22.7 Å². The maximum absolute atomic E-state index is 13.5. The zero-order chi connectivity index (χ0) is 20.8. The van der Waals surface area contributed by atoms with Crippen molar-refractivity contribution in [1.29, 1.82) is 0 Å². The maximum Gasteiger partial charge on any atom is 0.282 e. The summed E-state index contributed by atoms with van der Waals surface area (Å²) in [5.41, 5.74) is 0.920. The van der Waals surface area contributed by atoms with Crippen molar-refractivity contribution in [3.05, 3.63) is 51.0 Å². The summed E-state index contributed by atoms with van der Waals surface area (Å²) in [6, 6.07) is 5.14. The average Bonchev–Trinajstić information content (AvgIpc) is 3.44. The third-order valence-corrected chi connectivity index (χ3v) is 7.83. The van der Waals surface area contributed by atoms with Gasteiger partial charge in [-0.1, -0.05) is 6.07 Å². The van der Waals surface area contributed by atoms with Crippen LogP contribution in [0.5, 0.6) is 0 Å². The number of nitrogens with one attached hydrogen (secondary N) is 1. The fraction of sp³-hybridized carbons (Fsp3) is 0.381. The molecule has 3 aromatic rings. The molecule has 30 heavy (non-hydrogen) atoms. The molecule has 4 heterocycles. The second-order valence-electron chi connectivity index (χ2n) is 7.84. The first-order valence-electron chi connectivity index (χ1n) is 9.92. The van der Waals surface area contributed by atoms with Gasteiger partial charge in [-0.3, -0.25) is 9.59 Å². The topological polar surface area (TPSA) is 65.5 Å². The van der Waals surface area contributed by atoms with E-state index in [1.807, 2.05) is 22.1 Å². The highest BCUT2D eigenvalue weighted by atomic mass is 32.1. The predicted octanol–water partition coefficient (Wildman–Crippen LogP) is 3.13. The number of halogens is 1. The highest BCUT2D eigenvalue weighted by Gasteiger charge is 2.36. The SMILES string of the molecule is Cc1c(C(=O)N2CC(N[C@H]3CCN(C(=O)c4nccs4)C3)C2)sc2cc(F)ccc12. The molecule has 2 aromatic heterocycles.